The number of amides is 1. The Hall–Kier alpha value is -1.40. The van der Waals surface area contributed by atoms with E-state index in [1.165, 1.54) is 11.3 Å². The molecule has 1 atom stereocenters. The summed E-state index contributed by atoms with van der Waals surface area (Å²) in [5.74, 6) is -1.52. The molecule has 104 valence electrons. The number of hydrogen-bond acceptors (Lipinski definition) is 4. The highest BCUT2D eigenvalue weighted by molar-refractivity contribution is 7.08. The molecule has 0 saturated carbocycles. The molecule has 19 heavy (non-hydrogen) atoms. The van der Waals surface area contributed by atoms with Crippen molar-refractivity contribution >= 4 is 23.2 Å². The molecule has 1 saturated heterocycles. The molecule has 1 fully saturated rings. The molecule has 1 aliphatic rings. The fourth-order valence-corrected chi connectivity index (χ4v) is 2.91. The SMILES string of the molecule is O=C(NCC(C(=O)O)C1CCOCC1)c1ccsc1. The maximum atomic E-state index is 11.8. The number of carboxylic acid groups (broad SMARTS) is 1. The lowest BCUT2D eigenvalue weighted by atomic mass is 9.86. The number of carbonyl (C=O) groups is 2. The third kappa shape index (κ3) is 3.78. The number of rotatable bonds is 5. The van der Waals surface area contributed by atoms with E-state index < -0.39 is 11.9 Å². The van der Waals surface area contributed by atoms with Crippen molar-refractivity contribution in [2.75, 3.05) is 19.8 Å². The summed E-state index contributed by atoms with van der Waals surface area (Å²) >= 11 is 1.44. The molecule has 1 aliphatic heterocycles. The van der Waals surface area contributed by atoms with Gasteiger partial charge in [-0.3, -0.25) is 9.59 Å². The number of nitrogens with one attached hydrogen (secondary N) is 1. The fraction of sp³-hybridized carbons (Fsp3) is 0.538. The molecule has 2 rings (SSSR count). The molecular weight excluding hydrogens is 266 g/mol. The van der Waals surface area contributed by atoms with Gasteiger partial charge in [0.25, 0.3) is 5.91 Å². The molecular formula is C13H17NO4S. The van der Waals surface area contributed by atoms with Crippen LogP contribution in [0.2, 0.25) is 0 Å². The second kappa shape index (κ2) is 6.68. The van der Waals surface area contributed by atoms with Crippen molar-refractivity contribution in [1.82, 2.24) is 5.32 Å². The van der Waals surface area contributed by atoms with Gasteiger partial charge in [-0.15, -0.1) is 0 Å². The zero-order valence-corrected chi connectivity index (χ0v) is 11.3. The number of ether oxygens (including phenoxy) is 1. The van der Waals surface area contributed by atoms with Crippen molar-refractivity contribution in [3.8, 4) is 0 Å². The summed E-state index contributed by atoms with van der Waals surface area (Å²) in [5.41, 5.74) is 0.584. The highest BCUT2D eigenvalue weighted by atomic mass is 32.1. The first-order valence-corrected chi connectivity index (χ1v) is 7.23. The second-order valence-electron chi connectivity index (χ2n) is 4.62. The maximum Gasteiger partial charge on any atom is 0.308 e. The average Bonchev–Trinajstić information content (AvgIpc) is 2.93. The maximum absolute atomic E-state index is 11.8. The lowest BCUT2D eigenvalue weighted by Crippen LogP contribution is -2.38. The van der Waals surface area contributed by atoms with Gasteiger partial charge in [-0.05, 0) is 30.2 Å². The summed E-state index contributed by atoms with van der Waals surface area (Å²) in [6.07, 6.45) is 1.48. The third-order valence-electron chi connectivity index (χ3n) is 3.42. The monoisotopic (exact) mass is 283 g/mol. The van der Waals surface area contributed by atoms with Crippen LogP contribution >= 0.6 is 11.3 Å². The van der Waals surface area contributed by atoms with Crippen LogP contribution in [0.4, 0.5) is 0 Å². The van der Waals surface area contributed by atoms with Crippen molar-refractivity contribution in [2.45, 2.75) is 12.8 Å². The molecule has 1 aromatic heterocycles. The topological polar surface area (TPSA) is 75.6 Å². The summed E-state index contributed by atoms with van der Waals surface area (Å²) in [5, 5.41) is 15.6. The van der Waals surface area contributed by atoms with E-state index >= 15 is 0 Å². The number of aliphatic carboxylic acids is 1. The minimum atomic E-state index is -0.850. The first kappa shape index (κ1) is 14.0. The predicted octanol–water partition coefficient (Wildman–Crippen LogP) is 1.61. The minimum Gasteiger partial charge on any atom is -0.481 e. The van der Waals surface area contributed by atoms with E-state index in [1.54, 1.807) is 11.4 Å². The Morgan fingerprint density at radius 3 is 2.79 bits per heavy atom. The van der Waals surface area contributed by atoms with Crippen molar-refractivity contribution < 1.29 is 19.4 Å². The largest absolute Gasteiger partial charge is 0.481 e. The van der Waals surface area contributed by atoms with Crippen molar-refractivity contribution in [2.24, 2.45) is 11.8 Å². The highest BCUT2D eigenvalue weighted by Crippen LogP contribution is 2.23. The van der Waals surface area contributed by atoms with E-state index in [9.17, 15) is 14.7 Å². The standard InChI is InChI=1S/C13H17NO4S/c15-12(10-3-6-19-8-10)14-7-11(13(16)17)9-1-4-18-5-2-9/h3,6,8-9,11H,1-2,4-5,7H2,(H,14,15)(H,16,17). The molecule has 0 spiro atoms. The van der Waals surface area contributed by atoms with Crippen LogP contribution < -0.4 is 5.32 Å². The van der Waals surface area contributed by atoms with Gasteiger partial charge in [0.2, 0.25) is 0 Å². The van der Waals surface area contributed by atoms with Crippen molar-refractivity contribution in [3.63, 3.8) is 0 Å². The number of thiophene rings is 1. The molecule has 1 unspecified atom stereocenters. The summed E-state index contributed by atoms with van der Waals surface area (Å²) in [4.78, 5) is 23.1. The van der Waals surface area contributed by atoms with Crippen LogP contribution in [0.1, 0.15) is 23.2 Å². The van der Waals surface area contributed by atoms with Crippen molar-refractivity contribution in [3.05, 3.63) is 22.4 Å². The average molecular weight is 283 g/mol. The lowest BCUT2D eigenvalue weighted by molar-refractivity contribution is -0.144. The quantitative estimate of drug-likeness (QED) is 0.860. The van der Waals surface area contributed by atoms with Gasteiger partial charge in [-0.1, -0.05) is 0 Å². The molecule has 0 aromatic carbocycles. The normalized spacial score (nSPS) is 17.9. The molecule has 2 N–H and O–H groups in total. The van der Waals surface area contributed by atoms with E-state index in [0.29, 0.717) is 18.8 Å². The Labute approximate surface area is 115 Å². The van der Waals surface area contributed by atoms with Crippen LogP contribution in [0, 0.1) is 11.8 Å². The van der Waals surface area contributed by atoms with E-state index in [-0.39, 0.29) is 18.4 Å². The Kier molecular flexibility index (Phi) is 4.93. The van der Waals surface area contributed by atoms with Crippen LogP contribution in [0.25, 0.3) is 0 Å². The summed E-state index contributed by atoms with van der Waals surface area (Å²) in [6.45, 7) is 1.38. The fourth-order valence-electron chi connectivity index (χ4n) is 2.27. The van der Waals surface area contributed by atoms with Gasteiger partial charge in [0, 0.05) is 30.7 Å². The Bertz CT molecular complexity index is 426. The third-order valence-corrected chi connectivity index (χ3v) is 4.10. The van der Waals surface area contributed by atoms with Gasteiger partial charge in [-0.2, -0.15) is 11.3 Å². The zero-order valence-electron chi connectivity index (χ0n) is 10.5. The first-order valence-electron chi connectivity index (χ1n) is 6.29. The van der Waals surface area contributed by atoms with Crippen LogP contribution in [0.15, 0.2) is 16.8 Å². The van der Waals surface area contributed by atoms with Gasteiger partial charge in [0.1, 0.15) is 0 Å². The second-order valence-corrected chi connectivity index (χ2v) is 5.40. The predicted molar refractivity (Wildman–Crippen MR) is 71.3 cm³/mol. The van der Waals surface area contributed by atoms with Gasteiger partial charge < -0.3 is 15.2 Å². The number of hydrogen-bond donors (Lipinski definition) is 2. The molecule has 0 bridgehead atoms. The molecule has 1 amide bonds. The summed E-state index contributed by atoms with van der Waals surface area (Å²) < 4.78 is 5.24. The van der Waals surface area contributed by atoms with Crippen LogP contribution in [-0.4, -0.2) is 36.7 Å². The first-order chi connectivity index (χ1) is 9.18. The van der Waals surface area contributed by atoms with Crippen LogP contribution in [-0.2, 0) is 9.53 Å². The molecule has 0 aliphatic carbocycles. The molecule has 5 nitrogen and oxygen atoms in total. The number of carbonyl (C=O) groups excluding carboxylic acids is 1. The molecule has 2 heterocycles. The molecule has 0 radical (unpaired) electrons. The minimum absolute atomic E-state index is 0.0778. The van der Waals surface area contributed by atoms with E-state index in [1.807, 2.05) is 5.38 Å². The van der Waals surface area contributed by atoms with Gasteiger partial charge in [-0.25, -0.2) is 0 Å². The Morgan fingerprint density at radius 1 is 1.47 bits per heavy atom. The lowest BCUT2D eigenvalue weighted by Gasteiger charge is -2.27. The van der Waals surface area contributed by atoms with Crippen LogP contribution in [0.5, 0.6) is 0 Å². The zero-order chi connectivity index (χ0) is 13.7. The van der Waals surface area contributed by atoms with Crippen LogP contribution in [0.3, 0.4) is 0 Å². The Morgan fingerprint density at radius 2 is 2.21 bits per heavy atom. The van der Waals surface area contributed by atoms with Gasteiger partial charge in [0.15, 0.2) is 0 Å². The van der Waals surface area contributed by atoms with Gasteiger partial charge in [0.05, 0.1) is 5.92 Å². The molecule has 6 heteroatoms. The highest BCUT2D eigenvalue weighted by Gasteiger charge is 2.30. The smallest absolute Gasteiger partial charge is 0.308 e. The van der Waals surface area contributed by atoms with Crippen molar-refractivity contribution in [1.29, 1.82) is 0 Å². The Balaban J connectivity index is 1.90. The summed E-state index contributed by atoms with van der Waals surface area (Å²) in [6, 6.07) is 1.73. The van der Waals surface area contributed by atoms with E-state index in [0.717, 1.165) is 12.8 Å². The number of carboxylic acids is 1. The van der Waals surface area contributed by atoms with Gasteiger partial charge >= 0.3 is 5.97 Å². The molecule has 1 aromatic rings. The van der Waals surface area contributed by atoms with E-state index in [2.05, 4.69) is 5.32 Å². The summed E-state index contributed by atoms with van der Waals surface area (Å²) in [7, 11) is 0. The van der Waals surface area contributed by atoms with E-state index in [4.69, 9.17) is 4.74 Å².